The molecule has 0 saturated carbocycles. The summed E-state index contributed by atoms with van der Waals surface area (Å²) in [4.78, 5) is 4.41. The lowest BCUT2D eigenvalue weighted by atomic mass is 9.97. The van der Waals surface area contributed by atoms with Crippen LogP contribution in [0.5, 0.6) is 0 Å². The fraction of sp³-hybridized carbons (Fsp3) is 0.118. The third-order valence-corrected chi connectivity index (χ3v) is 3.45. The number of hydrogen-bond donors (Lipinski definition) is 1. The van der Waals surface area contributed by atoms with Crippen molar-refractivity contribution in [3.63, 3.8) is 0 Å². The predicted molar refractivity (Wildman–Crippen MR) is 79.8 cm³/mol. The molecule has 0 saturated heterocycles. The van der Waals surface area contributed by atoms with E-state index in [9.17, 15) is 0 Å². The van der Waals surface area contributed by atoms with Crippen LogP contribution in [0.4, 0.5) is 0 Å². The van der Waals surface area contributed by atoms with Gasteiger partial charge in [0.05, 0.1) is 5.52 Å². The van der Waals surface area contributed by atoms with Gasteiger partial charge in [-0.3, -0.25) is 4.98 Å². The lowest BCUT2D eigenvalue weighted by molar-refractivity contribution is 1.07. The van der Waals surface area contributed by atoms with Crippen molar-refractivity contribution in [2.45, 2.75) is 13.5 Å². The van der Waals surface area contributed by atoms with Crippen molar-refractivity contribution in [3.05, 3.63) is 65.9 Å². The van der Waals surface area contributed by atoms with Crippen LogP contribution < -0.4 is 5.73 Å². The minimum absolute atomic E-state index is 0.569. The SMILES string of the molecule is Cc1ccc(CN)cc1-c1ccc2cccnc2c1. The Morgan fingerprint density at radius 3 is 2.79 bits per heavy atom. The molecule has 2 heteroatoms. The summed E-state index contributed by atoms with van der Waals surface area (Å²) in [5.41, 5.74) is 11.6. The van der Waals surface area contributed by atoms with Gasteiger partial charge in [-0.25, -0.2) is 0 Å². The molecule has 2 N–H and O–H groups in total. The van der Waals surface area contributed by atoms with Gasteiger partial charge in [-0.2, -0.15) is 0 Å². The Balaban J connectivity index is 2.18. The first-order valence-electron chi connectivity index (χ1n) is 6.43. The first-order valence-corrected chi connectivity index (χ1v) is 6.43. The Hall–Kier alpha value is -2.19. The van der Waals surface area contributed by atoms with E-state index >= 15 is 0 Å². The van der Waals surface area contributed by atoms with Gasteiger partial charge in [0.25, 0.3) is 0 Å². The first-order chi connectivity index (χ1) is 9.28. The fourth-order valence-electron chi connectivity index (χ4n) is 2.34. The molecule has 2 nitrogen and oxygen atoms in total. The van der Waals surface area contributed by atoms with Crippen LogP contribution in [0.2, 0.25) is 0 Å². The van der Waals surface area contributed by atoms with E-state index in [1.165, 1.54) is 22.1 Å². The molecule has 1 aromatic heterocycles. The van der Waals surface area contributed by atoms with Crippen molar-refractivity contribution in [2.75, 3.05) is 0 Å². The van der Waals surface area contributed by atoms with Gasteiger partial charge in [-0.05, 0) is 47.4 Å². The van der Waals surface area contributed by atoms with E-state index in [2.05, 4.69) is 54.4 Å². The second kappa shape index (κ2) is 4.82. The quantitative estimate of drug-likeness (QED) is 0.751. The summed E-state index contributed by atoms with van der Waals surface area (Å²) < 4.78 is 0. The number of aryl methyl sites for hydroxylation is 1. The van der Waals surface area contributed by atoms with Gasteiger partial charge < -0.3 is 5.73 Å². The Labute approximate surface area is 112 Å². The van der Waals surface area contributed by atoms with Gasteiger partial charge in [-0.1, -0.05) is 30.3 Å². The molecule has 2 aromatic carbocycles. The highest BCUT2D eigenvalue weighted by Gasteiger charge is 2.04. The number of nitrogens with two attached hydrogens (primary N) is 1. The number of aromatic nitrogens is 1. The van der Waals surface area contributed by atoms with Gasteiger partial charge in [-0.15, -0.1) is 0 Å². The molecule has 0 aliphatic rings. The van der Waals surface area contributed by atoms with Crippen LogP contribution in [-0.4, -0.2) is 4.98 Å². The lowest BCUT2D eigenvalue weighted by Gasteiger charge is -2.09. The van der Waals surface area contributed by atoms with Gasteiger partial charge >= 0.3 is 0 Å². The molecule has 0 bridgehead atoms. The molecule has 0 atom stereocenters. The highest BCUT2D eigenvalue weighted by molar-refractivity contribution is 5.84. The van der Waals surface area contributed by atoms with Gasteiger partial charge in [0, 0.05) is 18.1 Å². The van der Waals surface area contributed by atoms with Crippen molar-refractivity contribution < 1.29 is 0 Å². The standard InChI is InChI=1S/C17H16N2/c1-12-4-5-13(11-18)9-16(12)15-7-6-14-3-2-8-19-17(14)10-15/h2-10H,11,18H2,1H3. The lowest BCUT2D eigenvalue weighted by Crippen LogP contribution is -1.97. The third kappa shape index (κ3) is 2.23. The Bertz CT molecular complexity index is 732. The number of hydrogen-bond acceptors (Lipinski definition) is 2. The molecule has 94 valence electrons. The Morgan fingerprint density at radius 1 is 1.05 bits per heavy atom. The maximum atomic E-state index is 5.73. The second-order valence-corrected chi connectivity index (χ2v) is 4.76. The number of rotatable bonds is 2. The maximum absolute atomic E-state index is 5.73. The molecule has 0 fully saturated rings. The molecule has 19 heavy (non-hydrogen) atoms. The van der Waals surface area contributed by atoms with E-state index in [0.29, 0.717) is 6.54 Å². The van der Waals surface area contributed by atoms with Crippen molar-refractivity contribution in [1.29, 1.82) is 0 Å². The fourth-order valence-corrected chi connectivity index (χ4v) is 2.34. The summed E-state index contributed by atoms with van der Waals surface area (Å²) in [5.74, 6) is 0. The molecular formula is C17H16N2. The first kappa shape index (κ1) is 11.9. The molecule has 0 amide bonds. The average molecular weight is 248 g/mol. The highest BCUT2D eigenvalue weighted by atomic mass is 14.6. The number of pyridine rings is 1. The maximum Gasteiger partial charge on any atom is 0.0708 e. The van der Waals surface area contributed by atoms with Gasteiger partial charge in [0.15, 0.2) is 0 Å². The Morgan fingerprint density at radius 2 is 1.95 bits per heavy atom. The number of nitrogens with zero attached hydrogens (tertiary/aromatic N) is 1. The van der Waals surface area contributed by atoms with Gasteiger partial charge in [0.2, 0.25) is 0 Å². The van der Waals surface area contributed by atoms with E-state index in [4.69, 9.17) is 5.73 Å². The molecule has 3 rings (SSSR count). The summed E-state index contributed by atoms with van der Waals surface area (Å²) >= 11 is 0. The monoisotopic (exact) mass is 248 g/mol. The van der Waals surface area contributed by atoms with Crippen LogP contribution in [-0.2, 0) is 6.54 Å². The topological polar surface area (TPSA) is 38.9 Å². The van der Waals surface area contributed by atoms with Crippen LogP contribution in [0.15, 0.2) is 54.7 Å². The van der Waals surface area contributed by atoms with Crippen LogP contribution in [0, 0.1) is 6.92 Å². The van der Waals surface area contributed by atoms with Crippen molar-refractivity contribution in [3.8, 4) is 11.1 Å². The van der Waals surface area contributed by atoms with Gasteiger partial charge in [0.1, 0.15) is 0 Å². The number of benzene rings is 2. The Kier molecular flexibility index (Phi) is 3.02. The molecule has 0 radical (unpaired) electrons. The predicted octanol–water partition coefficient (Wildman–Crippen LogP) is 3.67. The van der Waals surface area contributed by atoms with E-state index in [-0.39, 0.29) is 0 Å². The smallest absolute Gasteiger partial charge is 0.0708 e. The van der Waals surface area contributed by atoms with Crippen LogP contribution in [0.1, 0.15) is 11.1 Å². The van der Waals surface area contributed by atoms with Crippen LogP contribution in [0.25, 0.3) is 22.0 Å². The number of fused-ring (bicyclic) bond motifs is 1. The molecule has 0 aliphatic heterocycles. The largest absolute Gasteiger partial charge is 0.326 e. The molecule has 1 heterocycles. The summed E-state index contributed by atoms with van der Waals surface area (Å²) in [6.45, 7) is 2.69. The molecule has 3 aromatic rings. The summed E-state index contributed by atoms with van der Waals surface area (Å²) in [6.07, 6.45) is 1.83. The highest BCUT2D eigenvalue weighted by Crippen LogP contribution is 2.27. The van der Waals surface area contributed by atoms with Crippen LogP contribution >= 0.6 is 0 Å². The van der Waals surface area contributed by atoms with Crippen LogP contribution in [0.3, 0.4) is 0 Å². The molecule has 0 aliphatic carbocycles. The minimum Gasteiger partial charge on any atom is -0.326 e. The zero-order valence-electron chi connectivity index (χ0n) is 10.9. The second-order valence-electron chi connectivity index (χ2n) is 4.76. The van der Waals surface area contributed by atoms with Crippen molar-refractivity contribution in [1.82, 2.24) is 4.98 Å². The van der Waals surface area contributed by atoms with E-state index < -0.39 is 0 Å². The molecule has 0 unspecified atom stereocenters. The summed E-state index contributed by atoms with van der Waals surface area (Å²) in [7, 11) is 0. The van der Waals surface area contributed by atoms with Crippen molar-refractivity contribution in [2.24, 2.45) is 5.73 Å². The van der Waals surface area contributed by atoms with Crippen molar-refractivity contribution >= 4 is 10.9 Å². The third-order valence-electron chi connectivity index (χ3n) is 3.45. The summed E-state index contributed by atoms with van der Waals surface area (Å²) in [6, 6.07) is 16.8. The molecular weight excluding hydrogens is 232 g/mol. The van der Waals surface area contributed by atoms with E-state index in [1.807, 2.05) is 12.3 Å². The summed E-state index contributed by atoms with van der Waals surface area (Å²) in [5, 5.41) is 1.17. The van der Waals surface area contributed by atoms with E-state index in [0.717, 1.165) is 11.1 Å². The normalized spacial score (nSPS) is 10.8. The average Bonchev–Trinajstić information content (AvgIpc) is 2.47. The van der Waals surface area contributed by atoms with E-state index in [1.54, 1.807) is 0 Å². The molecule has 0 spiro atoms. The minimum atomic E-state index is 0.569. The zero-order chi connectivity index (χ0) is 13.2. The zero-order valence-corrected chi connectivity index (χ0v) is 10.9.